The first-order valence-electron chi connectivity index (χ1n) is 4.57. The van der Waals surface area contributed by atoms with E-state index < -0.39 is 0 Å². The Bertz CT molecular complexity index is 156. The largest absolute Gasteiger partial charge is 0.393 e. The number of allylic oxidation sites excluding steroid dienone is 3. The summed E-state index contributed by atoms with van der Waals surface area (Å²) in [5.41, 5.74) is 0. The van der Waals surface area contributed by atoms with Crippen LogP contribution in [0.15, 0.2) is 24.3 Å². The van der Waals surface area contributed by atoms with Gasteiger partial charge in [-0.2, -0.15) is 0 Å². The molecule has 0 aromatic heterocycles. The predicted octanol–water partition coefficient (Wildman–Crippen LogP) is 2.77. The average molecular weight is 168 g/mol. The van der Waals surface area contributed by atoms with E-state index in [1.807, 2.05) is 32.9 Å². The molecular weight excluding hydrogens is 148 g/mol. The molecule has 0 bridgehead atoms. The third-order valence-corrected chi connectivity index (χ3v) is 2.07. The van der Waals surface area contributed by atoms with Crippen LogP contribution in [0, 0.1) is 11.8 Å². The highest BCUT2D eigenvalue weighted by Crippen LogP contribution is 2.18. The van der Waals surface area contributed by atoms with Crippen LogP contribution in [0.3, 0.4) is 0 Å². The van der Waals surface area contributed by atoms with E-state index in [9.17, 15) is 5.11 Å². The third-order valence-electron chi connectivity index (χ3n) is 2.07. The van der Waals surface area contributed by atoms with Gasteiger partial charge in [-0.25, -0.2) is 0 Å². The smallest absolute Gasteiger partial charge is 0.0580 e. The summed E-state index contributed by atoms with van der Waals surface area (Å²) in [6, 6.07) is 0. The van der Waals surface area contributed by atoms with Crippen LogP contribution < -0.4 is 0 Å². The molecule has 0 spiro atoms. The van der Waals surface area contributed by atoms with E-state index in [0.717, 1.165) is 0 Å². The Morgan fingerprint density at radius 1 is 1.00 bits per heavy atom. The fourth-order valence-corrected chi connectivity index (χ4v) is 1.43. The van der Waals surface area contributed by atoms with Gasteiger partial charge in [-0.05, 0) is 26.7 Å². The van der Waals surface area contributed by atoms with Gasteiger partial charge in [0, 0.05) is 5.92 Å². The second kappa shape index (κ2) is 6.01. The van der Waals surface area contributed by atoms with Gasteiger partial charge in [0.1, 0.15) is 0 Å². The number of aliphatic hydroxyl groups is 1. The topological polar surface area (TPSA) is 20.2 Å². The molecule has 0 saturated heterocycles. The molecule has 0 aliphatic carbocycles. The van der Waals surface area contributed by atoms with Crippen LogP contribution in [0.1, 0.15) is 27.7 Å². The predicted molar refractivity (Wildman–Crippen MR) is 54.0 cm³/mol. The summed E-state index contributed by atoms with van der Waals surface area (Å²) in [5, 5.41) is 9.46. The summed E-state index contributed by atoms with van der Waals surface area (Å²) >= 11 is 0. The van der Waals surface area contributed by atoms with Crippen molar-refractivity contribution in [2.75, 3.05) is 0 Å². The Morgan fingerprint density at radius 3 is 1.83 bits per heavy atom. The van der Waals surface area contributed by atoms with Gasteiger partial charge in [-0.3, -0.25) is 0 Å². The van der Waals surface area contributed by atoms with Crippen LogP contribution in [-0.4, -0.2) is 11.2 Å². The first-order valence-corrected chi connectivity index (χ1v) is 4.57. The minimum atomic E-state index is -0.271. The third kappa shape index (κ3) is 3.72. The van der Waals surface area contributed by atoms with Gasteiger partial charge in [0.2, 0.25) is 0 Å². The normalized spacial score (nSPS) is 20.1. The van der Waals surface area contributed by atoms with Crippen LogP contribution in [0.4, 0.5) is 0 Å². The first-order chi connectivity index (χ1) is 5.63. The molecule has 0 saturated carbocycles. The lowest BCUT2D eigenvalue weighted by atomic mass is 9.89. The van der Waals surface area contributed by atoms with Crippen molar-refractivity contribution in [1.29, 1.82) is 0 Å². The summed E-state index contributed by atoms with van der Waals surface area (Å²) < 4.78 is 0. The minimum Gasteiger partial charge on any atom is -0.393 e. The first kappa shape index (κ1) is 11.4. The van der Waals surface area contributed by atoms with E-state index in [4.69, 9.17) is 0 Å². The average Bonchev–Trinajstić information content (AvgIpc) is 1.99. The molecule has 1 N–H and O–H groups in total. The second-order valence-electron chi connectivity index (χ2n) is 3.23. The van der Waals surface area contributed by atoms with Crippen molar-refractivity contribution in [1.82, 2.24) is 0 Å². The molecule has 1 heteroatoms. The minimum absolute atomic E-state index is 0.242. The van der Waals surface area contributed by atoms with Crippen molar-refractivity contribution in [2.45, 2.75) is 33.8 Å². The van der Waals surface area contributed by atoms with Crippen LogP contribution in [-0.2, 0) is 0 Å². The van der Waals surface area contributed by atoms with Gasteiger partial charge in [0.05, 0.1) is 6.10 Å². The van der Waals surface area contributed by atoms with Crippen LogP contribution in [0.5, 0.6) is 0 Å². The molecule has 3 unspecified atom stereocenters. The van der Waals surface area contributed by atoms with Gasteiger partial charge in [0.25, 0.3) is 0 Å². The van der Waals surface area contributed by atoms with E-state index in [2.05, 4.69) is 19.1 Å². The number of hydrogen-bond acceptors (Lipinski definition) is 1. The van der Waals surface area contributed by atoms with Gasteiger partial charge in [-0.1, -0.05) is 31.2 Å². The molecule has 1 nitrogen and oxygen atoms in total. The molecule has 0 aliphatic rings. The molecule has 0 aromatic carbocycles. The van der Waals surface area contributed by atoms with Gasteiger partial charge < -0.3 is 5.11 Å². The molecule has 0 aliphatic heterocycles. The van der Waals surface area contributed by atoms with Gasteiger partial charge in [-0.15, -0.1) is 0 Å². The van der Waals surface area contributed by atoms with Crippen molar-refractivity contribution in [3.05, 3.63) is 24.3 Å². The summed E-state index contributed by atoms with van der Waals surface area (Å²) in [7, 11) is 0. The molecule has 0 aromatic rings. The highest BCUT2D eigenvalue weighted by atomic mass is 16.3. The Kier molecular flexibility index (Phi) is 5.73. The van der Waals surface area contributed by atoms with Gasteiger partial charge in [0.15, 0.2) is 0 Å². The van der Waals surface area contributed by atoms with Crippen molar-refractivity contribution < 1.29 is 5.11 Å². The zero-order valence-corrected chi connectivity index (χ0v) is 8.49. The monoisotopic (exact) mass is 168 g/mol. The SMILES string of the molecule is C/C=C\C(C)C(/C=C\C)C(C)O. The molecule has 12 heavy (non-hydrogen) atoms. The maximum Gasteiger partial charge on any atom is 0.0580 e. The molecule has 0 heterocycles. The van der Waals surface area contributed by atoms with E-state index in [-0.39, 0.29) is 12.0 Å². The lowest BCUT2D eigenvalue weighted by molar-refractivity contribution is 0.131. The number of aliphatic hydroxyl groups excluding tert-OH is 1. The van der Waals surface area contributed by atoms with Crippen LogP contribution >= 0.6 is 0 Å². The Morgan fingerprint density at radius 2 is 1.50 bits per heavy atom. The van der Waals surface area contributed by atoms with E-state index in [0.29, 0.717) is 5.92 Å². The molecule has 3 atom stereocenters. The Hall–Kier alpha value is -0.560. The number of hydrogen-bond donors (Lipinski definition) is 1. The fraction of sp³-hybridized carbons (Fsp3) is 0.636. The molecule has 0 radical (unpaired) electrons. The summed E-state index contributed by atoms with van der Waals surface area (Å²) in [6.45, 7) is 7.95. The fourth-order valence-electron chi connectivity index (χ4n) is 1.43. The quantitative estimate of drug-likeness (QED) is 0.640. The van der Waals surface area contributed by atoms with E-state index >= 15 is 0 Å². The lowest BCUT2D eigenvalue weighted by Gasteiger charge is -2.20. The molecular formula is C11H20O. The van der Waals surface area contributed by atoms with Crippen LogP contribution in [0.25, 0.3) is 0 Å². The van der Waals surface area contributed by atoms with Crippen molar-refractivity contribution in [3.8, 4) is 0 Å². The maximum absolute atomic E-state index is 9.46. The van der Waals surface area contributed by atoms with Crippen molar-refractivity contribution in [3.63, 3.8) is 0 Å². The zero-order chi connectivity index (χ0) is 9.56. The number of rotatable bonds is 4. The van der Waals surface area contributed by atoms with Gasteiger partial charge >= 0.3 is 0 Å². The Balaban J connectivity index is 4.28. The van der Waals surface area contributed by atoms with Crippen LogP contribution in [0.2, 0.25) is 0 Å². The lowest BCUT2D eigenvalue weighted by Crippen LogP contribution is -2.20. The molecule has 0 fully saturated rings. The highest BCUT2D eigenvalue weighted by Gasteiger charge is 2.16. The summed E-state index contributed by atoms with van der Waals surface area (Å²) in [6.07, 6.45) is 7.94. The van der Waals surface area contributed by atoms with E-state index in [1.165, 1.54) is 0 Å². The summed E-state index contributed by atoms with van der Waals surface area (Å²) in [5.74, 6) is 0.650. The Labute approximate surface area is 75.8 Å². The van der Waals surface area contributed by atoms with Crippen molar-refractivity contribution >= 4 is 0 Å². The molecule has 70 valence electrons. The zero-order valence-electron chi connectivity index (χ0n) is 8.49. The summed E-state index contributed by atoms with van der Waals surface area (Å²) in [4.78, 5) is 0. The molecule has 0 rings (SSSR count). The second-order valence-corrected chi connectivity index (χ2v) is 3.23. The highest BCUT2D eigenvalue weighted by molar-refractivity contribution is 4.98. The molecule has 0 amide bonds. The van der Waals surface area contributed by atoms with E-state index in [1.54, 1.807) is 0 Å². The maximum atomic E-state index is 9.46. The standard InChI is InChI=1S/C11H20O/c1-5-7-9(3)11(8-6-2)10(4)12/h5-12H,1-4H3/b7-5-,8-6-. The van der Waals surface area contributed by atoms with Crippen molar-refractivity contribution in [2.24, 2.45) is 11.8 Å².